The average molecular weight is 461 g/mol. The fraction of sp³-hybridized carbons (Fsp3) is 0.348. The van der Waals surface area contributed by atoms with Gasteiger partial charge in [0, 0.05) is 25.3 Å². The van der Waals surface area contributed by atoms with Crippen LogP contribution < -0.4 is 10.2 Å². The summed E-state index contributed by atoms with van der Waals surface area (Å²) in [6, 6.07) is 8.20. The summed E-state index contributed by atoms with van der Waals surface area (Å²) in [6.45, 7) is 4.67. The summed E-state index contributed by atoms with van der Waals surface area (Å²) in [6.07, 6.45) is -2.30. The summed E-state index contributed by atoms with van der Waals surface area (Å²) >= 11 is 0. The molecule has 6 nitrogen and oxygen atoms in total. The van der Waals surface area contributed by atoms with E-state index in [0.29, 0.717) is 54.4 Å². The first-order chi connectivity index (χ1) is 15.6. The van der Waals surface area contributed by atoms with Gasteiger partial charge in [-0.25, -0.2) is 14.1 Å². The molecule has 1 fully saturated rings. The van der Waals surface area contributed by atoms with E-state index in [1.807, 2.05) is 4.90 Å². The number of alkyl halides is 3. The number of aromatic nitrogens is 3. The van der Waals surface area contributed by atoms with Crippen LogP contribution in [-0.2, 0) is 6.18 Å². The highest BCUT2D eigenvalue weighted by Crippen LogP contribution is 2.30. The van der Waals surface area contributed by atoms with E-state index < -0.39 is 11.7 Å². The van der Waals surface area contributed by atoms with E-state index in [-0.39, 0.29) is 17.8 Å². The zero-order chi connectivity index (χ0) is 23.8. The van der Waals surface area contributed by atoms with Crippen LogP contribution in [-0.4, -0.2) is 39.8 Å². The van der Waals surface area contributed by atoms with Crippen LogP contribution in [0.15, 0.2) is 42.6 Å². The Balaban J connectivity index is 1.39. The van der Waals surface area contributed by atoms with Gasteiger partial charge in [0.05, 0.1) is 28.2 Å². The minimum Gasteiger partial charge on any atom is -0.356 e. The van der Waals surface area contributed by atoms with E-state index in [9.17, 15) is 22.4 Å². The number of carbonyl (C=O) groups is 1. The highest BCUT2D eigenvalue weighted by Gasteiger charge is 2.31. The Hall–Kier alpha value is -3.43. The van der Waals surface area contributed by atoms with E-state index in [1.54, 1.807) is 30.7 Å². The summed E-state index contributed by atoms with van der Waals surface area (Å²) in [5, 5.41) is 7.48. The van der Waals surface area contributed by atoms with Crippen molar-refractivity contribution in [1.29, 1.82) is 0 Å². The van der Waals surface area contributed by atoms with E-state index in [4.69, 9.17) is 0 Å². The number of aryl methyl sites for hydroxylation is 1. The maximum absolute atomic E-state index is 13.2. The van der Waals surface area contributed by atoms with Gasteiger partial charge < -0.3 is 10.2 Å². The molecule has 3 heterocycles. The monoisotopic (exact) mass is 461 g/mol. The zero-order valence-electron chi connectivity index (χ0n) is 18.2. The van der Waals surface area contributed by atoms with Gasteiger partial charge in [-0.2, -0.15) is 18.3 Å². The van der Waals surface area contributed by atoms with Crippen LogP contribution >= 0.6 is 0 Å². The second kappa shape index (κ2) is 8.84. The summed E-state index contributed by atoms with van der Waals surface area (Å²) in [7, 11) is 0. The van der Waals surface area contributed by atoms with Crippen LogP contribution in [0.25, 0.3) is 5.69 Å². The highest BCUT2D eigenvalue weighted by molar-refractivity contribution is 5.96. The third kappa shape index (κ3) is 4.84. The number of pyridine rings is 1. The van der Waals surface area contributed by atoms with Crippen LogP contribution in [0.5, 0.6) is 0 Å². The molecule has 1 saturated heterocycles. The quantitative estimate of drug-likeness (QED) is 0.584. The SMILES string of the molecule is Cc1nn(-c2ccc(F)cc2)c(C)c1C(=O)NC1CCN(c2ccc(C(F)(F)F)cn2)CC1. The Morgan fingerprint density at radius 2 is 1.73 bits per heavy atom. The number of nitrogens with one attached hydrogen (secondary N) is 1. The molecular weight excluding hydrogens is 438 g/mol. The van der Waals surface area contributed by atoms with Gasteiger partial charge in [0.2, 0.25) is 0 Å². The molecule has 0 unspecified atom stereocenters. The molecule has 174 valence electrons. The molecule has 1 amide bonds. The van der Waals surface area contributed by atoms with Crippen molar-refractivity contribution in [2.75, 3.05) is 18.0 Å². The number of nitrogens with zero attached hydrogens (tertiary/aromatic N) is 4. The molecule has 0 saturated carbocycles. The van der Waals surface area contributed by atoms with Crippen molar-refractivity contribution in [3.63, 3.8) is 0 Å². The highest BCUT2D eigenvalue weighted by atomic mass is 19.4. The average Bonchev–Trinajstić information content (AvgIpc) is 3.08. The Labute approximate surface area is 188 Å². The molecule has 3 aromatic rings. The Bertz CT molecular complexity index is 1130. The van der Waals surface area contributed by atoms with E-state index in [2.05, 4.69) is 15.4 Å². The van der Waals surface area contributed by atoms with Crippen molar-refractivity contribution in [2.45, 2.75) is 38.9 Å². The van der Waals surface area contributed by atoms with E-state index >= 15 is 0 Å². The van der Waals surface area contributed by atoms with Gasteiger partial charge in [-0.3, -0.25) is 4.79 Å². The number of carbonyl (C=O) groups excluding carboxylic acids is 1. The summed E-state index contributed by atoms with van der Waals surface area (Å²) in [4.78, 5) is 18.8. The molecule has 1 aliphatic rings. The maximum Gasteiger partial charge on any atom is 0.417 e. The van der Waals surface area contributed by atoms with E-state index in [0.717, 1.165) is 12.3 Å². The van der Waals surface area contributed by atoms with Crippen LogP contribution in [0.2, 0.25) is 0 Å². The number of amides is 1. The summed E-state index contributed by atoms with van der Waals surface area (Å²) in [5.74, 6) is -0.0967. The maximum atomic E-state index is 13.2. The van der Waals surface area contributed by atoms with Gasteiger partial charge in [-0.1, -0.05) is 0 Å². The summed E-state index contributed by atoms with van der Waals surface area (Å²) in [5.41, 5.74) is 1.59. The Morgan fingerprint density at radius 3 is 2.30 bits per heavy atom. The van der Waals surface area contributed by atoms with Gasteiger partial charge in [0.25, 0.3) is 5.91 Å². The Kier molecular flexibility index (Phi) is 6.09. The van der Waals surface area contributed by atoms with Crippen LogP contribution in [0, 0.1) is 19.7 Å². The molecule has 4 rings (SSSR count). The van der Waals surface area contributed by atoms with Crippen LogP contribution in [0.4, 0.5) is 23.4 Å². The van der Waals surface area contributed by atoms with Crippen LogP contribution in [0.1, 0.15) is 40.2 Å². The molecule has 1 N–H and O–H groups in total. The van der Waals surface area contributed by atoms with Gasteiger partial charge in [-0.15, -0.1) is 0 Å². The lowest BCUT2D eigenvalue weighted by Crippen LogP contribution is -2.45. The zero-order valence-corrected chi connectivity index (χ0v) is 18.2. The van der Waals surface area contributed by atoms with Crippen molar-refractivity contribution in [1.82, 2.24) is 20.1 Å². The smallest absolute Gasteiger partial charge is 0.356 e. The molecule has 0 aliphatic carbocycles. The number of hydrogen-bond donors (Lipinski definition) is 1. The molecule has 0 atom stereocenters. The molecule has 0 bridgehead atoms. The summed E-state index contributed by atoms with van der Waals surface area (Å²) < 4.78 is 53.0. The van der Waals surface area contributed by atoms with Crippen molar-refractivity contribution in [3.05, 3.63) is 70.9 Å². The molecule has 1 aromatic carbocycles. The predicted molar refractivity (Wildman–Crippen MR) is 115 cm³/mol. The molecule has 10 heteroatoms. The first-order valence-electron chi connectivity index (χ1n) is 10.5. The second-order valence-corrected chi connectivity index (χ2v) is 8.07. The lowest BCUT2D eigenvalue weighted by atomic mass is 10.0. The molecule has 2 aromatic heterocycles. The minimum atomic E-state index is -4.41. The Morgan fingerprint density at radius 1 is 1.06 bits per heavy atom. The number of benzene rings is 1. The van der Waals surface area contributed by atoms with Crippen molar-refractivity contribution < 1.29 is 22.4 Å². The molecule has 0 spiro atoms. The van der Waals surface area contributed by atoms with Gasteiger partial charge in [0.1, 0.15) is 11.6 Å². The first-order valence-corrected chi connectivity index (χ1v) is 10.5. The van der Waals surface area contributed by atoms with Crippen molar-refractivity contribution in [3.8, 4) is 5.69 Å². The number of halogens is 4. The fourth-order valence-electron chi connectivity index (χ4n) is 4.06. The molecule has 33 heavy (non-hydrogen) atoms. The third-order valence-electron chi connectivity index (χ3n) is 5.82. The number of anilines is 1. The van der Waals surface area contributed by atoms with Crippen molar-refractivity contribution in [2.24, 2.45) is 0 Å². The topological polar surface area (TPSA) is 63.1 Å². The van der Waals surface area contributed by atoms with Crippen LogP contribution in [0.3, 0.4) is 0 Å². The third-order valence-corrected chi connectivity index (χ3v) is 5.82. The van der Waals surface area contributed by atoms with Gasteiger partial charge in [-0.05, 0) is 63.1 Å². The largest absolute Gasteiger partial charge is 0.417 e. The lowest BCUT2D eigenvalue weighted by Gasteiger charge is -2.33. The predicted octanol–water partition coefficient (Wildman–Crippen LogP) is 4.44. The fourth-order valence-corrected chi connectivity index (χ4v) is 4.06. The minimum absolute atomic E-state index is 0.0730. The molecular formula is C23H23F4N5O. The van der Waals surface area contributed by atoms with Gasteiger partial charge in [0.15, 0.2) is 0 Å². The standard InChI is InChI=1S/C23H23F4N5O/c1-14-21(15(2)32(30-14)19-6-4-17(24)5-7-19)22(33)29-18-9-11-31(12-10-18)20-8-3-16(13-28-20)23(25,26)27/h3-8,13,18H,9-12H2,1-2H3,(H,29,33). The number of piperidine rings is 1. The number of rotatable bonds is 4. The van der Waals surface area contributed by atoms with Crippen molar-refractivity contribution >= 4 is 11.7 Å². The normalized spacial score (nSPS) is 15.0. The first kappa shape index (κ1) is 22.8. The second-order valence-electron chi connectivity index (χ2n) is 8.07. The van der Waals surface area contributed by atoms with E-state index in [1.165, 1.54) is 18.2 Å². The number of hydrogen-bond acceptors (Lipinski definition) is 4. The molecule has 0 radical (unpaired) electrons. The van der Waals surface area contributed by atoms with Gasteiger partial charge >= 0.3 is 6.18 Å². The lowest BCUT2D eigenvalue weighted by molar-refractivity contribution is -0.137. The molecule has 1 aliphatic heterocycles.